The fourth-order valence-corrected chi connectivity index (χ4v) is 8.15. The van der Waals surface area contributed by atoms with Gasteiger partial charge in [0.05, 0.1) is 11.4 Å². The molecule has 0 aliphatic heterocycles. The SMILES string of the molecule is c1ccc(-c2ccc3cc(-c4ccc(N(c5ccc6c(c5)oc5ccccc56)c5c(-c6ccccc6)ccc6c5oc5ccccc56)cc4)ccc3c2)cc1. The van der Waals surface area contributed by atoms with Gasteiger partial charge < -0.3 is 13.7 Å². The third-order valence-corrected chi connectivity index (χ3v) is 10.9. The molecule has 0 aliphatic rings. The topological polar surface area (TPSA) is 29.5 Å². The van der Waals surface area contributed by atoms with Crippen molar-refractivity contribution in [2.24, 2.45) is 0 Å². The predicted molar refractivity (Wildman–Crippen MR) is 229 cm³/mol. The first kappa shape index (κ1) is 31.2. The molecule has 0 fully saturated rings. The van der Waals surface area contributed by atoms with Gasteiger partial charge in [0, 0.05) is 38.9 Å². The number of benzene rings is 9. The Bertz CT molecular complexity index is 3190. The zero-order valence-corrected chi connectivity index (χ0v) is 29.8. The molecule has 11 aromatic rings. The van der Waals surface area contributed by atoms with Crippen molar-refractivity contribution >= 4 is 71.7 Å². The number of furan rings is 2. The van der Waals surface area contributed by atoms with Crippen molar-refractivity contribution in [2.75, 3.05) is 4.90 Å². The number of anilines is 3. The lowest BCUT2D eigenvalue weighted by atomic mass is 9.97. The summed E-state index contributed by atoms with van der Waals surface area (Å²) >= 11 is 0. The summed E-state index contributed by atoms with van der Waals surface area (Å²) in [5, 5.41) is 6.80. The normalized spacial score (nSPS) is 11.6. The fraction of sp³-hybridized carbons (Fsp3) is 0. The zero-order valence-electron chi connectivity index (χ0n) is 29.8. The Hall–Kier alpha value is -7.36. The lowest BCUT2D eigenvalue weighted by Crippen LogP contribution is -2.11. The average molecular weight is 704 g/mol. The number of rotatable bonds is 6. The van der Waals surface area contributed by atoms with Crippen LogP contribution in [0, 0.1) is 0 Å². The zero-order chi connectivity index (χ0) is 36.3. The molecule has 3 nitrogen and oxygen atoms in total. The standard InChI is InChI=1S/C52H33NO2/c1-3-11-34(12-4-1)37-19-21-40-32-38(20-22-39(40)31-37)35-23-25-41(26-24-35)53(42-27-28-46-44-15-7-9-17-48(44)54-50(46)33-42)51-43(36-13-5-2-6-14-36)29-30-47-45-16-8-10-18-49(45)55-52(47)51/h1-33H. The van der Waals surface area contributed by atoms with Crippen LogP contribution in [0.15, 0.2) is 209 Å². The van der Waals surface area contributed by atoms with Gasteiger partial charge in [-0.1, -0.05) is 140 Å². The summed E-state index contributed by atoms with van der Waals surface area (Å²) in [6.45, 7) is 0. The van der Waals surface area contributed by atoms with Gasteiger partial charge in [-0.25, -0.2) is 0 Å². The van der Waals surface area contributed by atoms with Crippen LogP contribution in [-0.2, 0) is 0 Å². The monoisotopic (exact) mass is 703 g/mol. The summed E-state index contributed by atoms with van der Waals surface area (Å²) in [6, 6.07) is 70.9. The second kappa shape index (κ2) is 12.6. The summed E-state index contributed by atoms with van der Waals surface area (Å²) in [4.78, 5) is 2.33. The quantitative estimate of drug-likeness (QED) is 0.173. The van der Waals surface area contributed by atoms with Crippen molar-refractivity contribution in [3.63, 3.8) is 0 Å². The van der Waals surface area contributed by atoms with Crippen LogP contribution >= 0.6 is 0 Å². The Morgan fingerprint density at radius 2 is 0.818 bits per heavy atom. The van der Waals surface area contributed by atoms with E-state index in [4.69, 9.17) is 8.83 Å². The highest BCUT2D eigenvalue weighted by Crippen LogP contribution is 2.48. The molecule has 0 amide bonds. The number of fused-ring (bicyclic) bond motifs is 7. The van der Waals surface area contributed by atoms with Crippen molar-refractivity contribution in [2.45, 2.75) is 0 Å². The first-order valence-electron chi connectivity index (χ1n) is 18.7. The van der Waals surface area contributed by atoms with E-state index in [1.165, 1.54) is 27.5 Å². The number of hydrogen-bond acceptors (Lipinski definition) is 3. The molecule has 0 bridgehead atoms. The maximum Gasteiger partial charge on any atom is 0.160 e. The van der Waals surface area contributed by atoms with Crippen LogP contribution in [0.5, 0.6) is 0 Å². The lowest BCUT2D eigenvalue weighted by molar-refractivity contribution is 0.667. The van der Waals surface area contributed by atoms with Gasteiger partial charge in [-0.2, -0.15) is 0 Å². The molecule has 3 heteroatoms. The molecule has 0 radical (unpaired) electrons. The van der Waals surface area contributed by atoms with Crippen LogP contribution in [0.1, 0.15) is 0 Å². The summed E-state index contributed by atoms with van der Waals surface area (Å²) < 4.78 is 13.3. The Kier molecular flexibility index (Phi) is 7.17. The van der Waals surface area contributed by atoms with Crippen LogP contribution in [0.25, 0.3) is 88.0 Å². The molecule has 55 heavy (non-hydrogen) atoms. The van der Waals surface area contributed by atoms with Gasteiger partial charge in [0.1, 0.15) is 16.7 Å². The second-order valence-electron chi connectivity index (χ2n) is 14.1. The minimum Gasteiger partial charge on any atom is -0.456 e. The van der Waals surface area contributed by atoms with E-state index in [-0.39, 0.29) is 0 Å². The van der Waals surface area contributed by atoms with Crippen LogP contribution in [-0.4, -0.2) is 0 Å². The van der Waals surface area contributed by atoms with Crippen LogP contribution < -0.4 is 4.90 Å². The molecule has 2 heterocycles. The summed E-state index contributed by atoms with van der Waals surface area (Å²) in [6.07, 6.45) is 0. The Morgan fingerprint density at radius 3 is 1.51 bits per heavy atom. The number of hydrogen-bond donors (Lipinski definition) is 0. The van der Waals surface area contributed by atoms with Gasteiger partial charge in [-0.15, -0.1) is 0 Å². The molecule has 0 saturated heterocycles. The highest BCUT2D eigenvalue weighted by molar-refractivity contribution is 6.14. The molecule has 258 valence electrons. The second-order valence-corrected chi connectivity index (χ2v) is 14.1. The first-order chi connectivity index (χ1) is 27.2. The molecule has 9 aromatic carbocycles. The fourth-order valence-electron chi connectivity index (χ4n) is 8.15. The highest BCUT2D eigenvalue weighted by atomic mass is 16.3. The van der Waals surface area contributed by atoms with E-state index >= 15 is 0 Å². The molecule has 11 rings (SSSR count). The minimum atomic E-state index is 0.834. The molecule has 0 saturated carbocycles. The van der Waals surface area contributed by atoms with E-state index in [9.17, 15) is 0 Å². The van der Waals surface area contributed by atoms with Gasteiger partial charge in [0.2, 0.25) is 0 Å². The van der Waals surface area contributed by atoms with Gasteiger partial charge in [0.25, 0.3) is 0 Å². The highest BCUT2D eigenvalue weighted by Gasteiger charge is 2.25. The van der Waals surface area contributed by atoms with Crippen LogP contribution in [0.3, 0.4) is 0 Å². The summed E-state index contributed by atoms with van der Waals surface area (Å²) in [5.41, 5.74) is 13.3. The van der Waals surface area contributed by atoms with Crippen LogP contribution in [0.4, 0.5) is 17.1 Å². The lowest BCUT2D eigenvalue weighted by Gasteiger charge is -2.28. The molecule has 0 spiro atoms. The predicted octanol–water partition coefficient (Wildman–Crippen LogP) is 15.1. The third kappa shape index (κ3) is 5.28. The van der Waals surface area contributed by atoms with E-state index in [0.717, 1.165) is 77.6 Å². The van der Waals surface area contributed by atoms with Crippen molar-refractivity contribution in [1.29, 1.82) is 0 Å². The van der Waals surface area contributed by atoms with Crippen molar-refractivity contribution in [3.05, 3.63) is 200 Å². The molecular weight excluding hydrogens is 671 g/mol. The van der Waals surface area contributed by atoms with Crippen LogP contribution in [0.2, 0.25) is 0 Å². The van der Waals surface area contributed by atoms with E-state index in [2.05, 4.69) is 181 Å². The van der Waals surface area contributed by atoms with Gasteiger partial charge in [-0.3, -0.25) is 0 Å². The van der Waals surface area contributed by atoms with Crippen molar-refractivity contribution in [1.82, 2.24) is 0 Å². The largest absolute Gasteiger partial charge is 0.456 e. The molecule has 2 aromatic heterocycles. The van der Waals surface area contributed by atoms with Crippen molar-refractivity contribution in [3.8, 4) is 33.4 Å². The summed E-state index contributed by atoms with van der Waals surface area (Å²) in [7, 11) is 0. The van der Waals surface area contributed by atoms with Crippen molar-refractivity contribution < 1.29 is 8.83 Å². The maximum absolute atomic E-state index is 6.81. The summed E-state index contributed by atoms with van der Waals surface area (Å²) in [5.74, 6) is 0. The molecule has 0 N–H and O–H groups in total. The molecule has 0 aliphatic carbocycles. The molecule has 0 unspecified atom stereocenters. The number of para-hydroxylation sites is 2. The van der Waals surface area contributed by atoms with E-state index in [0.29, 0.717) is 0 Å². The van der Waals surface area contributed by atoms with E-state index in [1.54, 1.807) is 0 Å². The average Bonchev–Trinajstić information content (AvgIpc) is 3.83. The first-order valence-corrected chi connectivity index (χ1v) is 18.7. The van der Waals surface area contributed by atoms with Gasteiger partial charge in [0.15, 0.2) is 5.58 Å². The molecule has 0 atom stereocenters. The molecular formula is C52H33NO2. The van der Waals surface area contributed by atoms with Gasteiger partial charge >= 0.3 is 0 Å². The van der Waals surface area contributed by atoms with Gasteiger partial charge in [-0.05, 0) is 93.2 Å². The number of nitrogens with zero attached hydrogens (tertiary/aromatic N) is 1. The Labute approximate surface area is 317 Å². The Balaban J connectivity index is 1.09. The Morgan fingerprint density at radius 1 is 0.309 bits per heavy atom. The minimum absolute atomic E-state index is 0.834. The van der Waals surface area contributed by atoms with E-state index in [1.807, 2.05) is 24.3 Å². The van der Waals surface area contributed by atoms with E-state index < -0.39 is 0 Å². The smallest absolute Gasteiger partial charge is 0.160 e. The maximum atomic E-state index is 6.81. The third-order valence-electron chi connectivity index (χ3n) is 10.9.